The molecule has 1 aromatic rings. The minimum Gasteiger partial charge on any atom is -0.375 e. The van der Waals surface area contributed by atoms with Crippen molar-refractivity contribution in [2.75, 3.05) is 25.1 Å². The minimum atomic E-state index is -2.49. The predicted octanol–water partition coefficient (Wildman–Crippen LogP) is 2.36. The normalized spacial score (nSPS) is 13.5. The number of fused-ring (bicyclic) bond motifs is 1. The van der Waals surface area contributed by atoms with E-state index in [0.717, 1.165) is 25.2 Å². The van der Waals surface area contributed by atoms with E-state index in [1.54, 1.807) is 0 Å². The van der Waals surface area contributed by atoms with Crippen LogP contribution in [0.5, 0.6) is 0 Å². The van der Waals surface area contributed by atoms with E-state index in [1.807, 2.05) is 18.2 Å². The lowest BCUT2D eigenvalue weighted by Crippen LogP contribution is -2.24. The number of rotatable bonds is 6. The molecule has 1 heterocycles. The quantitative estimate of drug-likeness (QED) is 0.791. The number of ether oxygens (including phenoxy) is 1. The fourth-order valence-corrected chi connectivity index (χ4v) is 2.12. The van der Waals surface area contributed by atoms with Crippen LogP contribution in [-0.4, -0.2) is 32.1 Å². The van der Waals surface area contributed by atoms with Crippen LogP contribution in [0.1, 0.15) is 17.5 Å². The summed E-state index contributed by atoms with van der Waals surface area (Å²) in [5.41, 5.74) is 3.20. The van der Waals surface area contributed by atoms with Crippen molar-refractivity contribution in [1.29, 1.82) is 0 Å². The molecule has 0 radical (unpaired) electrons. The van der Waals surface area contributed by atoms with Gasteiger partial charge in [-0.05, 0) is 36.2 Å². The third kappa shape index (κ3) is 5.95. The van der Waals surface area contributed by atoms with Gasteiger partial charge in [-0.1, -0.05) is 6.07 Å². The van der Waals surface area contributed by atoms with Crippen LogP contribution in [-0.2, 0) is 22.5 Å². The second-order valence-electron chi connectivity index (χ2n) is 4.67. The van der Waals surface area contributed by atoms with E-state index in [-0.39, 0.29) is 31.3 Å². The van der Waals surface area contributed by atoms with Crippen molar-refractivity contribution in [1.82, 2.24) is 5.32 Å². The Morgan fingerprint density at radius 3 is 2.95 bits per heavy atom. The van der Waals surface area contributed by atoms with Gasteiger partial charge in [-0.3, -0.25) is 4.79 Å². The molecule has 2 rings (SSSR count). The Balaban J connectivity index is 0.00000220. The van der Waals surface area contributed by atoms with E-state index in [4.69, 9.17) is 0 Å². The standard InChI is InChI=1S/C14H18F2N2O2.ClH/c15-13(16)9-20-6-4-14(19)18-12-2-1-10-3-5-17-8-11(10)7-12;/h1-2,7,13,17H,3-6,8-9H2,(H,18,19);1H. The van der Waals surface area contributed by atoms with Gasteiger partial charge in [0.25, 0.3) is 6.43 Å². The average Bonchev–Trinajstić information content (AvgIpc) is 2.43. The molecule has 0 unspecified atom stereocenters. The highest BCUT2D eigenvalue weighted by molar-refractivity contribution is 5.90. The molecular formula is C14H19ClF2N2O2. The Morgan fingerprint density at radius 2 is 2.19 bits per heavy atom. The summed E-state index contributed by atoms with van der Waals surface area (Å²) in [6.45, 7) is 1.15. The van der Waals surface area contributed by atoms with Crippen LogP contribution in [0.3, 0.4) is 0 Å². The monoisotopic (exact) mass is 320 g/mol. The van der Waals surface area contributed by atoms with Gasteiger partial charge in [0.05, 0.1) is 13.0 Å². The highest BCUT2D eigenvalue weighted by atomic mass is 35.5. The average molecular weight is 321 g/mol. The van der Waals surface area contributed by atoms with Gasteiger partial charge >= 0.3 is 0 Å². The molecule has 0 atom stereocenters. The van der Waals surface area contributed by atoms with E-state index in [0.29, 0.717) is 0 Å². The molecule has 0 bridgehead atoms. The SMILES string of the molecule is Cl.O=C(CCOCC(F)F)Nc1ccc2c(c1)CNCC2. The van der Waals surface area contributed by atoms with Crippen molar-refractivity contribution in [3.63, 3.8) is 0 Å². The first-order valence-electron chi connectivity index (χ1n) is 6.63. The van der Waals surface area contributed by atoms with Crippen LogP contribution >= 0.6 is 12.4 Å². The van der Waals surface area contributed by atoms with Gasteiger partial charge in [0.15, 0.2) is 0 Å². The fraction of sp³-hybridized carbons (Fsp3) is 0.500. The van der Waals surface area contributed by atoms with Crippen molar-refractivity contribution in [2.45, 2.75) is 25.8 Å². The number of carbonyl (C=O) groups excluding carboxylic acids is 1. The number of amides is 1. The maximum absolute atomic E-state index is 11.8. The van der Waals surface area contributed by atoms with E-state index >= 15 is 0 Å². The summed E-state index contributed by atoms with van der Waals surface area (Å²) in [5.74, 6) is -0.233. The first-order chi connectivity index (χ1) is 9.65. The van der Waals surface area contributed by atoms with Crippen LogP contribution in [0.25, 0.3) is 0 Å². The number of nitrogens with one attached hydrogen (secondary N) is 2. The summed E-state index contributed by atoms with van der Waals surface area (Å²) >= 11 is 0. The topological polar surface area (TPSA) is 50.4 Å². The first-order valence-corrected chi connectivity index (χ1v) is 6.63. The predicted molar refractivity (Wildman–Crippen MR) is 79.2 cm³/mol. The summed E-state index contributed by atoms with van der Waals surface area (Å²) < 4.78 is 28.3. The molecule has 1 aliphatic heterocycles. The Bertz CT molecular complexity index is 472. The van der Waals surface area contributed by atoms with Gasteiger partial charge in [-0.15, -0.1) is 12.4 Å². The third-order valence-corrected chi connectivity index (χ3v) is 3.09. The lowest BCUT2D eigenvalue weighted by atomic mass is 10.0. The van der Waals surface area contributed by atoms with E-state index < -0.39 is 13.0 Å². The first kappa shape index (κ1) is 17.8. The second-order valence-corrected chi connectivity index (χ2v) is 4.67. The van der Waals surface area contributed by atoms with Gasteiger partial charge < -0.3 is 15.4 Å². The number of carbonyl (C=O) groups is 1. The molecule has 0 aliphatic carbocycles. The summed E-state index contributed by atoms with van der Waals surface area (Å²) in [6, 6.07) is 5.82. The molecule has 7 heteroatoms. The number of benzene rings is 1. The van der Waals surface area contributed by atoms with Crippen molar-refractivity contribution in [2.24, 2.45) is 0 Å². The van der Waals surface area contributed by atoms with E-state index in [2.05, 4.69) is 15.4 Å². The molecule has 0 aromatic heterocycles. The molecule has 1 amide bonds. The van der Waals surface area contributed by atoms with Crippen molar-refractivity contribution in [3.8, 4) is 0 Å². The fourth-order valence-electron chi connectivity index (χ4n) is 2.12. The molecular weight excluding hydrogens is 302 g/mol. The van der Waals surface area contributed by atoms with Gasteiger partial charge in [0, 0.05) is 12.2 Å². The van der Waals surface area contributed by atoms with Crippen LogP contribution < -0.4 is 10.6 Å². The zero-order chi connectivity index (χ0) is 14.4. The molecule has 0 saturated carbocycles. The highest BCUT2D eigenvalue weighted by Crippen LogP contribution is 2.19. The van der Waals surface area contributed by atoms with Crippen LogP contribution in [0.15, 0.2) is 18.2 Å². The van der Waals surface area contributed by atoms with Gasteiger partial charge in [-0.2, -0.15) is 0 Å². The maximum Gasteiger partial charge on any atom is 0.261 e. The Hall–Kier alpha value is -1.24. The minimum absolute atomic E-state index is 0. The van der Waals surface area contributed by atoms with Crippen molar-refractivity contribution in [3.05, 3.63) is 29.3 Å². The van der Waals surface area contributed by atoms with Crippen LogP contribution in [0, 0.1) is 0 Å². The Labute approximate surface area is 128 Å². The molecule has 1 aromatic carbocycles. The summed E-state index contributed by atoms with van der Waals surface area (Å²) in [5, 5.41) is 6.02. The van der Waals surface area contributed by atoms with Crippen LogP contribution in [0.4, 0.5) is 14.5 Å². The van der Waals surface area contributed by atoms with Gasteiger partial charge in [0.2, 0.25) is 5.91 Å². The lowest BCUT2D eigenvalue weighted by molar-refractivity contribution is -0.117. The summed E-state index contributed by atoms with van der Waals surface area (Å²) in [4.78, 5) is 11.6. The number of anilines is 1. The maximum atomic E-state index is 11.8. The lowest BCUT2D eigenvalue weighted by Gasteiger charge is -2.18. The molecule has 1 aliphatic rings. The molecule has 21 heavy (non-hydrogen) atoms. The number of hydrogen-bond donors (Lipinski definition) is 2. The zero-order valence-corrected chi connectivity index (χ0v) is 12.3. The number of hydrogen-bond acceptors (Lipinski definition) is 3. The van der Waals surface area contributed by atoms with Crippen molar-refractivity contribution < 1.29 is 18.3 Å². The largest absolute Gasteiger partial charge is 0.375 e. The summed E-state index contributed by atoms with van der Waals surface area (Å²) in [7, 11) is 0. The molecule has 0 spiro atoms. The molecule has 2 N–H and O–H groups in total. The highest BCUT2D eigenvalue weighted by Gasteiger charge is 2.10. The van der Waals surface area contributed by atoms with Crippen molar-refractivity contribution >= 4 is 24.0 Å². The second kappa shape index (κ2) is 8.92. The van der Waals surface area contributed by atoms with E-state index in [1.165, 1.54) is 11.1 Å². The van der Waals surface area contributed by atoms with Gasteiger partial charge in [0.1, 0.15) is 6.61 Å². The molecule has 0 fully saturated rings. The summed E-state index contributed by atoms with van der Waals surface area (Å²) in [6.07, 6.45) is -1.43. The van der Waals surface area contributed by atoms with Crippen LogP contribution in [0.2, 0.25) is 0 Å². The van der Waals surface area contributed by atoms with Gasteiger partial charge in [-0.25, -0.2) is 8.78 Å². The number of alkyl halides is 2. The zero-order valence-electron chi connectivity index (χ0n) is 11.5. The molecule has 118 valence electrons. The number of halogens is 3. The van der Waals surface area contributed by atoms with E-state index in [9.17, 15) is 13.6 Å². The Kier molecular flexibility index (Phi) is 7.56. The molecule has 4 nitrogen and oxygen atoms in total. The Morgan fingerprint density at radius 1 is 1.38 bits per heavy atom. The third-order valence-electron chi connectivity index (χ3n) is 3.09. The smallest absolute Gasteiger partial charge is 0.261 e. The molecule has 0 saturated heterocycles.